The molecule has 0 aliphatic carbocycles. The standard InChI is InChI=1S/C15H17N3O3S/c1-10-6-7-12-13(16-10)4-3-5-14(12)17-15(19)11-8-18(9-11)22(2,20)21/h3-7,11H,8-9H2,1-2H3,(H,17,19). The summed E-state index contributed by atoms with van der Waals surface area (Å²) in [4.78, 5) is 16.7. The summed E-state index contributed by atoms with van der Waals surface area (Å²) >= 11 is 0. The predicted molar refractivity (Wildman–Crippen MR) is 85.0 cm³/mol. The van der Waals surface area contributed by atoms with Crippen molar-refractivity contribution in [1.29, 1.82) is 0 Å². The molecule has 1 aliphatic heterocycles. The molecule has 3 rings (SSSR count). The van der Waals surface area contributed by atoms with E-state index in [4.69, 9.17) is 0 Å². The summed E-state index contributed by atoms with van der Waals surface area (Å²) in [6, 6.07) is 9.38. The van der Waals surface area contributed by atoms with Crippen LogP contribution in [0.5, 0.6) is 0 Å². The van der Waals surface area contributed by atoms with Crippen LogP contribution in [0.4, 0.5) is 5.69 Å². The SMILES string of the molecule is Cc1ccc2c(NC(=O)C3CN(S(C)(=O)=O)C3)cccc2n1. The molecule has 1 amide bonds. The Morgan fingerprint density at radius 1 is 1.27 bits per heavy atom. The van der Waals surface area contributed by atoms with Gasteiger partial charge in [-0.2, -0.15) is 0 Å². The number of carbonyl (C=O) groups excluding carboxylic acids is 1. The van der Waals surface area contributed by atoms with Gasteiger partial charge in [0.2, 0.25) is 15.9 Å². The summed E-state index contributed by atoms with van der Waals surface area (Å²) in [5.74, 6) is -0.462. The molecule has 2 aromatic rings. The van der Waals surface area contributed by atoms with E-state index in [0.29, 0.717) is 5.69 Å². The lowest BCUT2D eigenvalue weighted by molar-refractivity contribution is -0.122. The Hall–Kier alpha value is -1.99. The molecule has 1 N–H and O–H groups in total. The van der Waals surface area contributed by atoms with Crippen molar-refractivity contribution in [1.82, 2.24) is 9.29 Å². The fourth-order valence-electron chi connectivity index (χ4n) is 2.48. The van der Waals surface area contributed by atoms with Crippen LogP contribution < -0.4 is 5.32 Å². The van der Waals surface area contributed by atoms with E-state index in [9.17, 15) is 13.2 Å². The molecule has 0 spiro atoms. The van der Waals surface area contributed by atoms with Crippen LogP contribution in [0.3, 0.4) is 0 Å². The van der Waals surface area contributed by atoms with E-state index in [-0.39, 0.29) is 24.9 Å². The van der Waals surface area contributed by atoms with Gasteiger partial charge in [0.05, 0.1) is 23.4 Å². The van der Waals surface area contributed by atoms with Gasteiger partial charge in [0, 0.05) is 24.2 Å². The van der Waals surface area contributed by atoms with Crippen LogP contribution in [0.25, 0.3) is 10.9 Å². The van der Waals surface area contributed by atoms with Crippen molar-refractivity contribution in [2.75, 3.05) is 24.7 Å². The second-order valence-corrected chi connectivity index (χ2v) is 7.57. The minimum Gasteiger partial charge on any atom is -0.325 e. The largest absolute Gasteiger partial charge is 0.325 e. The van der Waals surface area contributed by atoms with Crippen LogP contribution in [-0.2, 0) is 14.8 Å². The number of rotatable bonds is 3. The maximum atomic E-state index is 12.2. The number of carbonyl (C=O) groups is 1. The summed E-state index contributed by atoms with van der Waals surface area (Å²) in [6.07, 6.45) is 1.15. The second-order valence-electron chi connectivity index (χ2n) is 5.59. The Labute approximate surface area is 129 Å². The number of aryl methyl sites for hydroxylation is 1. The van der Waals surface area contributed by atoms with E-state index in [0.717, 1.165) is 22.9 Å². The van der Waals surface area contributed by atoms with Gasteiger partial charge >= 0.3 is 0 Å². The minimum atomic E-state index is -3.20. The van der Waals surface area contributed by atoms with Crippen molar-refractivity contribution in [2.45, 2.75) is 6.92 Å². The van der Waals surface area contributed by atoms with Crippen LogP contribution in [-0.4, -0.2) is 43.0 Å². The molecule has 7 heteroatoms. The van der Waals surface area contributed by atoms with Crippen molar-refractivity contribution in [3.8, 4) is 0 Å². The van der Waals surface area contributed by atoms with Crippen LogP contribution in [0.2, 0.25) is 0 Å². The number of fused-ring (bicyclic) bond motifs is 1. The first-order valence-electron chi connectivity index (χ1n) is 6.97. The van der Waals surface area contributed by atoms with Crippen molar-refractivity contribution >= 4 is 32.5 Å². The molecular formula is C15H17N3O3S. The van der Waals surface area contributed by atoms with Gasteiger partial charge in [-0.05, 0) is 31.2 Å². The van der Waals surface area contributed by atoms with Gasteiger partial charge < -0.3 is 5.32 Å². The zero-order valence-electron chi connectivity index (χ0n) is 12.4. The van der Waals surface area contributed by atoms with Crippen molar-refractivity contribution < 1.29 is 13.2 Å². The molecule has 0 saturated carbocycles. The van der Waals surface area contributed by atoms with E-state index in [2.05, 4.69) is 10.3 Å². The van der Waals surface area contributed by atoms with E-state index in [1.807, 2.05) is 37.3 Å². The molecule has 6 nitrogen and oxygen atoms in total. The molecule has 0 bridgehead atoms. The van der Waals surface area contributed by atoms with Gasteiger partial charge in [-0.15, -0.1) is 0 Å². The Balaban J connectivity index is 1.76. The molecule has 0 atom stereocenters. The fraction of sp³-hybridized carbons (Fsp3) is 0.333. The summed E-state index contributed by atoms with van der Waals surface area (Å²) in [7, 11) is -3.20. The number of nitrogens with zero attached hydrogens (tertiary/aromatic N) is 2. The molecule has 1 aromatic heterocycles. The molecule has 1 aliphatic rings. The Morgan fingerprint density at radius 2 is 2.00 bits per heavy atom. The van der Waals surface area contributed by atoms with E-state index >= 15 is 0 Å². The number of aromatic nitrogens is 1. The predicted octanol–water partition coefficient (Wildman–Crippen LogP) is 1.37. The first-order valence-corrected chi connectivity index (χ1v) is 8.82. The lowest BCUT2D eigenvalue weighted by Gasteiger charge is -2.36. The molecule has 1 aromatic carbocycles. The highest BCUT2D eigenvalue weighted by atomic mass is 32.2. The average Bonchev–Trinajstić information content (AvgIpc) is 2.34. The molecular weight excluding hydrogens is 302 g/mol. The minimum absolute atomic E-state index is 0.159. The summed E-state index contributed by atoms with van der Waals surface area (Å²) in [5, 5.41) is 3.75. The van der Waals surface area contributed by atoms with Crippen LogP contribution in [0.1, 0.15) is 5.69 Å². The number of amides is 1. The van der Waals surface area contributed by atoms with Crippen molar-refractivity contribution in [3.05, 3.63) is 36.0 Å². The van der Waals surface area contributed by atoms with Gasteiger partial charge in [-0.25, -0.2) is 12.7 Å². The summed E-state index contributed by atoms with van der Waals surface area (Å²) < 4.78 is 24.0. The third kappa shape index (κ3) is 2.82. The molecule has 1 saturated heterocycles. The Bertz CT molecular complexity index is 842. The maximum absolute atomic E-state index is 12.2. The number of sulfonamides is 1. The van der Waals surface area contributed by atoms with Crippen LogP contribution in [0, 0.1) is 12.8 Å². The summed E-state index contributed by atoms with van der Waals surface area (Å²) in [5.41, 5.74) is 2.44. The van der Waals surface area contributed by atoms with Gasteiger partial charge in [-0.3, -0.25) is 9.78 Å². The number of anilines is 1. The third-order valence-electron chi connectivity index (χ3n) is 3.82. The van der Waals surface area contributed by atoms with E-state index in [1.165, 1.54) is 4.31 Å². The monoisotopic (exact) mass is 319 g/mol. The Morgan fingerprint density at radius 3 is 2.68 bits per heavy atom. The molecule has 116 valence electrons. The summed E-state index contributed by atoms with van der Waals surface area (Å²) in [6.45, 7) is 2.40. The van der Waals surface area contributed by atoms with E-state index in [1.54, 1.807) is 0 Å². The normalized spacial score (nSPS) is 16.5. The van der Waals surface area contributed by atoms with Crippen molar-refractivity contribution in [2.24, 2.45) is 5.92 Å². The molecule has 0 unspecified atom stereocenters. The van der Waals surface area contributed by atoms with Gasteiger partial charge in [-0.1, -0.05) is 6.07 Å². The number of benzene rings is 1. The van der Waals surface area contributed by atoms with Gasteiger partial charge in [0.25, 0.3) is 0 Å². The molecule has 22 heavy (non-hydrogen) atoms. The lowest BCUT2D eigenvalue weighted by Crippen LogP contribution is -2.53. The highest BCUT2D eigenvalue weighted by Gasteiger charge is 2.37. The first-order chi connectivity index (χ1) is 10.3. The Kier molecular flexibility index (Phi) is 3.62. The van der Waals surface area contributed by atoms with Gasteiger partial charge in [0.15, 0.2) is 0 Å². The number of nitrogens with one attached hydrogen (secondary N) is 1. The number of pyridine rings is 1. The highest BCUT2D eigenvalue weighted by molar-refractivity contribution is 7.88. The van der Waals surface area contributed by atoms with Gasteiger partial charge in [0.1, 0.15) is 0 Å². The topological polar surface area (TPSA) is 79.4 Å². The number of hydrogen-bond donors (Lipinski definition) is 1. The van der Waals surface area contributed by atoms with Crippen LogP contribution in [0.15, 0.2) is 30.3 Å². The zero-order chi connectivity index (χ0) is 15.9. The lowest BCUT2D eigenvalue weighted by atomic mass is 10.0. The van der Waals surface area contributed by atoms with E-state index < -0.39 is 10.0 Å². The first kappa shape index (κ1) is 14.9. The maximum Gasteiger partial charge on any atom is 0.230 e. The molecule has 1 fully saturated rings. The fourth-order valence-corrected chi connectivity index (χ4v) is 3.38. The zero-order valence-corrected chi connectivity index (χ0v) is 13.2. The molecule has 2 heterocycles. The number of hydrogen-bond acceptors (Lipinski definition) is 4. The quantitative estimate of drug-likeness (QED) is 0.927. The average molecular weight is 319 g/mol. The second kappa shape index (κ2) is 5.33. The molecule has 0 radical (unpaired) electrons. The third-order valence-corrected chi connectivity index (χ3v) is 5.05. The van der Waals surface area contributed by atoms with Crippen molar-refractivity contribution in [3.63, 3.8) is 0 Å². The van der Waals surface area contributed by atoms with Crippen LogP contribution >= 0.6 is 0 Å². The smallest absolute Gasteiger partial charge is 0.230 e. The highest BCUT2D eigenvalue weighted by Crippen LogP contribution is 2.25.